The first-order valence-electron chi connectivity index (χ1n) is 6.98. The van der Waals surface area contributed by atoms with Crippen molar-refractivity contribution in [2.24, 2.45) is 5.14 Å². The summed E-state index contributed by atoms with van der Waals surface area (Å²) in [5.41, 5.74) is 0. The van der Waals surface area contributed by atoms with Crippen LogP contribution in [-0.2, 0) is 19.6 Å². The molecule has 1 aliphatic heterocycles. The Hall–Kier alpha value is -0.990. The molecule has 0 aromatic carbocycles. The molecule has 1 heterocycles. The first kappa shape index (κ1) is 15.4. The number of nitrogens with one attached hydrogen (secondary N) is 1. The molecular weight excluding hydrogens is 282 g/mol. The summed E-state index contributed by atoms with van der Waals surface area (Å²) < 4.78 is 21.6. The number of hydrogen-bond donors (Lipinski definition) is 2. The van der Waals surface area contributed by atoms with Crippen LogP contribution in [0.3, 0.4) is 0 Å². The van der Waals surface area contributed by atoms with E-state index in [1.54, 1.807) is 0 Å². The molecule has 1 aliphatic carbocycles. The highest BCUT2D eigenvalue weighted by Crippen LogP contribution is 2.28. The van der Waals surface area contributed by atoms with Gasteiger partial charge in [0.05, 0.1) is 18.2 Å². The maximum atomic E-state index is 12.2. The number of rotatable bonds is 6. The average molecular weight is 303 g/mol. The number of imide groups is 1. The predicted molar refractivity (Wildman–Crippen MR) is 73.1 cm³/mol. The Morgan fingerprint density at radius 2 is 1.90 bits per heavy atom. The second-order valence-electron chi connectivity index (χ2n) is 5.47. The molecule has 8 heteroatoms. The van der Waals surface area contributed by atoms with Crippen molar-refractivity contribution in [2.75, 3.05) is 12.3 Å². The normalized spacial score (nSPS) is 24.9. The molecule has 2 fully saturated rings. The topological polar surface area (TPSA) is 110 Å². The van der Waals surface area contributed by atoms with Gasteiger partial charge in [0, 0.05) is 6.04 Å². The van der Waals surface area contributed by atoms with Gasteiger partial charge in [0.2, 0.25) is 21.8 Å². The number of likely N-dealkylation sites (tertiary alicyclic amines) is 1. The van der Waals surface area contributed by atoms with Crippen LogP contribution in [0.5, 0.6) is 0 Å². The molecule has 1 atom stereocenters. The lowest BCUT2D eigenvalue weighted by Gasteiger charge is -2.22. The number of amides is 2. The van der Waals surface area contributed by atoms with Crippen molar-refractivity contribution in [1.82, 2.24) is 10.2 Å². The van der Waals surface area contributed by atoms with Crippen LogP contribution in [0.4, 0.5) is 0 Å². The van der Waals surface area contributed by atoms with Crippen molar-refractivity contribution in [3.05, 3.63) is 0 Å². The van der Waals surface area contributed by atoms with Gasteiger partial charge in [-0.1, -0.05) is 12.8 Å². The van der Waals surface area contributed by atoms with Gasteiger partial charge in [-0.05, 0) is 25.8 Å². The summed E-state index contributed by atoms with van der Waals surface area (Å²) in [4.78, 5) is 25.5. The number of carbonyl (C=O) groups is 2. The minimum Gasteiger partial charge on any atom is -0.305 e. The van der Waals surface area contributed by atoms with Gasteiger partial charge < -0.3 is 5.32 Å². The predicted octanol–water partition coefficient (Wildman–Crippen LogP) is -0.675. The Morgan fingerprint density at radius 1 is 1.25 bits per heavy atom. The van der Waals surface area contributed by atoms with Crippen molar-refractivity contribution < 1.29 is 18.0 Å². The fourth-order valence-electron chi connectivity index (χ4n) is 2.91. The summed E-state index contributed by atoms with van der Waals surface area (Å²) in [7, 11) is -3.47. The standard InChI is InChI=1S/C12H21N3O4S/c13-20(18,19)7-3-6-14-10-8-11(16)15(12(10)17)9-4-1-2-5-9/h9-10,14H,1-8H2,(H2,13,18,19). The van der Waals surface area contributed by atoms with Crippen LogP contribution >= 0.6 is 0 Å². The zero-order chi connectivity index (χ0) is 14.8. The van der Waals surface area contributed by atoms with Gasteiger partial charge in [0.25, 0.3) is 0 Å². The lowest BCUT2D eigenvalue weighted by atomic mass is 10.2. The van der Waals surface area contributed by atoms with E-state index in [1.807, 2.05) is 0 Å². The molecular formula is C12H21N3O4S. The van der Waals surface area contributed by atoms with E-state index in [0.717, 1.165) is 25.7 Å². The third-order valence-corrected chi connectivity index (χ3v) is 4.73. The molecule has 0 aromatic heterocycles. The summed E-state index contributed by atoms with van der Waals surface area (Å²) in [5, 5.41) is 7.85. The molecule has 1 unspecified atom stereocenters. The number of sulfonamides is 1. The number of nitrogens with zero attached hydrogens (tertiary/aromatic N) is 1. The SMILES string of the molecule is NS(=O)(=O)CCCNC1CC(=O)N(C2CCCC2)C1=O. The molecule has 1 saturated heterocycles. The molecule has 114 valence electrons. The maximum absolute atomic E-state index is 12.2. The molecule has 20 heavy (non-hydrogen) atoms. The first-order valence-corrected chi connectivity index (χ1v) is 8.70. The first-order chi connectivity index (χ1) is 9.38. The molecule has 0 bridgehead atoms. The lowest BCUT2D eigenvalue weighted by molar-refractivity contribution is -0.141. The lowest BCUT2D eigenvalue weighted by Crippen LogP contribution is -2.43. The van der Waals surface area contributed by atoms with E-state index in [4.69, 9.17) is 5.14 Å². The highest BCUT2D eigenvalue weighted by molar-refractivity contribution is 7.89. The molecule has 7 nitrogen and oxygen atoms in total. The summed E-state index contributed by atoms with van der Waals surface area (Å²) in [6.07, 6.45) is 4.43. The Balaban J connectivity index is 1.82. The van der Waals surface area contributed by atoms with Gasteiger partial charge in [0.15, 0.2) is 0 Å². The van der Waals surface area contributed by atoms with E-state index in [9.17, 15) is 18.0 Å². The van der Waals surface area contributed by atoms with Crippen molar-refractivity contribution in [3.8, 4) is 0 Å². The minimum absolute atomic E-state index is 0.0613. The Bertz CT molecular complexity index is 485. The van der Waals surface area contributed by atoms with Crippen LogP contribution in [0.2, 0.25) is 0 Å². The zero-order valence-electron chi connectivity index (χ0n) is 11.4. The Labute approximate surface area is 118 Å². The van der Waals surface area contributed by atoms with Gasteiger partial charge in [-0.2, -0.15) is 0 Å². The number of primary sulfonamides is 1. The van der Waals surface area contributed by atoms with Crippen molar-refractivity contribution in [3.63, 3.8) is 0 Å². The number of nitrogens with two attached hydrogens (primary N) is 1. The highest BCUT2D eigenvalue weighted by Gasteiger charge is 2.42. The van der Waals surface area contributed by atoms with Gasteiger partial charge >= 0.3 is 0 Å². The number of hydrogen-bond acceptors (Lipinski definition) is 5. The zero-order valence-corrected chi connectivity index (χ0v) is 12.2. The monoisotopic (exact) mass is 303 g/mol. The molecule has 0 spiro atoms. The largest absolute Gasteiger partial charge is 0.305 e. The molecule has 0 aromatic rings. The van der Waals surface area contributed by atoms with Crippen LogP contribution in [0.15, 0.2) is 0 Å². The van der Waals surface area contributed by atoms with Crippen LogP contribution in [-0.4, -0.2) is 49.5 Å². The Morgan fingerprint density at radius 3 is 2.50 bits per heavy atom. The summed E-state index contributed by atoms with van der Waals surface area (Å²) in [6.45, 7) is 0.360. The fraction of sp³-hybridized carbons (Fsp3) is 0.833. The van der Waals surface area contributed by atoms with Crippen LogP contribution < -0.4 is 10.5 Å². The van der Waals surface area contributed by atoms with Crippen molar-refractivity contribution in [2.45, 2.75) is 50.6 Å². The minimum atomic E-state index is -3.47. The van der Waals surface area contributed by atoms with Gasteiger partial charge in [0.1, 0.15) is 0 Å². The molecule has 0 radical (unpaired) electrons. The van der Waals surface area contributed by atoms with Crippen LogP contribution in [0.25, 0.3) is 0 Å². The van der Waals surface area contributed by atoms with Crippen molar-refractivity contribution >= 4 is 21.8 Å². The van der Waals surface area contributed by atoms with Crippen molar-refractivity contribution in [1.29, 1.82) is 0 Å². The molecule has 1 saturated carbocycles. The Kier molecular flexibility index (Phi) is 4.77. The van der Waals surface area contributed by atoms with Gasteiger partial charge in [-0.3, -0.25) is 14.5 Å². The molecule has 3 N–H and O–H groups in total. The summed E-state index contributed by atoms with van der Waals surface area (Å²) in [6, 6.07) is -0.449. The summed E-state index contributed by atoms with van der Waals surface area (Å²) in [5.74, 6) is -0.412. The second-order valence-corrected chi connectivity index (χ2v) is 7.21. The van der Waals surface area contributed by atoms with E-state index in [2.05, 4.69) is 5.32 Å². The van der Waals surface area contributed by atoms with E-state index in [-0.39, 0.29) is 30.0 Å². The van der Waals surface area contributed by atoms with E-state index in [1.165, 1.54) is 4.90 Å². The fourth-order valence-corrected chi connectivity index (χ4v) is 3.45. The third kappa shape index (κ3) is 3.77. The van der Waals surface area contributed by atoms with Gasteiger partial charge in [-0.25, -0.2) is 13.6 Å². The molecule has 2 rings (SSSR count). The van der Waals surface area contributed by atoms with E-state index >= 15 is 0 Å². The van der Waals surface area contributed by atoms with E-state index < -0.39 is 16.1 Å². The number of carbonyl (C=O) groups excluding carboxylic acids is 2. The van der Waals surface area contributed by atoms with Crippen LogP contribution in [0.1, 0.15) is 38.5 Å². The summed E-state index contributed by atoms with van der Waals surface area (Å²) >= 11 is 0. The maximum Gasteiger partial charge on any atom is 0.247 e. The van der Waals surface area contributed by atoms with Crippen LogP contribution in [0, 0.1) is 0 Å². The quantitative estimate of drug-likeness (QED) is 0.499. The highest BCUT2D eigenvalue weighted by atomic mass is 32.2. The molecule has 2 aliphatic rings. The molecule has 2 amide bonds. The third-order valence-electron chi connectivity index (χ3n) is 3.87. The average Bonchev–Trinajstić information content (AvgIpc) is 2.93. The van der Waals surface area contributed by atoms with Gasteiger partial charge in [-0.15, -0.1) is 0 Å². The van der Waals surface area contributed by atoms with E-state index in [0.29, 0.717) is 13.0 Å². The second kappa shape index (κ2) is 6.19. The smallest absolute Gasteiger partial charge is 0.247 e.